The van der Waals surface area contributed by atoms with E-state index in [4.69, 9.17) is 4.74 Å². The molecule has 0 saturated heterocycles. The normalized spacial score (nSPS) is 13.2. The molecule has 5 heteroatoms. The van der Waals surface area contributed by atoms with Crippen molar-refractivity contribution in [2.75, 3.05) is 18.1 Å². The third-order valence-electron chi connectivity index (χ3n) is 2.63. The van der Waals surface area contributed by atoms with Crippen molar-refractivity contribution in [2.24, 2.45) is 0 Å². The van der Waals surface area contributed by atoms with Crippen LogP contribution in [0.3, 0.4) is 0 Å². The smallest absolute Gasteiger partial charge is 0.153 e. The van der Waals surface area contributed by atoms with Crippen LogP contribution in [0.15, 0.2) is 24.3 Å². The molecule has 108 valence electrons. The van der Waals surface area contributed by atoms with E-state index in [0.29, 0.717) is 18.6 Å². The summed E-state index contributed by atoms with van der Waals surface area (Å²) in [6.07, 6.45) is 0.868. The van der Waals surface area contributed by atoms with Gasteiger partial charge < -0.3 is 9.84 Å². The lowest BCUT2D eigenvalue weighted by Gasteiger charge is -2.08. The van der Waals surface area contributed by atoms with Crippen molar-refractivity contribution in [2.45, 2.75) is 32.8 Å². The maximum atomic E-state index is 11.5. The summed E-state index contributed by atoms with van der Waals surface area (Å²) in [6, 6.07) is 7.35. The molecule has 0 aliphatic rings. The molecule has 0 saturated carbocycles. The van der Waals surface area contributed by atoms with Crippen molar-refractivity contribution >= 4 is 9.84 Å². The number of aliphatic hydroxyl groups excluding tert-OH is 1. The summed E-state index contributed by atoms with van der Waals surface area (Å²) in [4.78, 5) is 0. The zero-order chi connectivity index (χ0) is 14.3. The Bertz CT molecular complexity index is 463. The zero-order valence-electron chi connectivity index (χ0n) is 11.5. The van der Waals surface area contributed by atoms with E-state index in [-0.39, 0.29) is 24.2 Å². The minimum absolute atomic E-state index is 0.0519. The van der Waals surface area contributed by atoms with Crippen LogP contribution in [0.2, 0.25) is 0 Å². The van der Waals surface area contributed by atoms with Crippen LogP contribution >= 0.6 is 0 Å². The molecular weight excluding hydrogens is 264 g/mol. The Hall–Kier alpha value is -1.07. The van der Waals surface area contributed by atoms with Gasteiger partial charge in [0.25, 0.3) is 0 Å². The zero-order valence-corrected chi connectivity index (χ0v) is 12.3. The van der Waals surface area contributed by atoms with Gasteiger partial charge >= 0.3 is 0 Å². The first-order valence-electron chi connectivity index (χ1n) is 6.53. The van der Waals surface area contributed by atoms with Crippen molar-refractivity contribution in [1.82, 2.24) is 0 Å². The van der Waals surface area contributed by atoms with Crippen LogP contribution in [0.4, 0.5) is 0 Å². The highest BCUT2D eigenvalue weighted by molar-refractivity contribution is 7.91. The fourth-order valence-electron chi connectivity index (χ4n) is 1.76. The second-order valence-electron chi connectivity index (χ2n) is 4.70. The highest BCUT2D eigenvalue weighted by Crippen LogP contribution is 2.13. The first-order chi connectivity index (χ1) is 8.93. The molecule has 0 fully saturated rings. The van der Waals surface area contributed by atoms with Crippen molar-refractivity contribution in [1.29, 1.82) is 0 Å². The minimum Gasteiger partial charge on any atom is -0.493 e. The SMILES string of the molecule is CCCS(=O)(=O)CCOc1ccc(CC(C)O)cc1. The molecule has 0 amide bonds. The molecule has 0 aliphatic heterocycles. The number of benzene rings is 1. The molecule has 1 rings (SSSR count). The van der Waals surface area contributed by atoms with E-state index in [1.165, 1.54) is 0 Å². The molecule has 1 N–H and O–H groups in total. The lowest BCUT2D eigenvalue weighted by atomic mass is 10.1. The number of rotatable bonds is 8. The molecule has 19 heavy (non-hydrogen) atoms. The van der Waals surface area contributed by atoms with Crippen LogP contribution < -0.4 is 4.74 Å². The van der Waals surface area contributed by atoms with Crippen molar-refractivity contribution in [3.05, 3.63) is 29.8 Å². The van der Waals surface area contributed by atoms with Crippen molar-refractivity contribution < 1.29 is 18.3 Å². The van der Waals surface area contributed by atoms with Gasteiger partial charge in [0.05, 0.1) is 17.6 Å². The average molecular weight is 286 g/mol. The molecule has 1 aromatic rings. The second-order valence-corrected chi connectivity index (χ2v) is 7.00. The van der Waals surface area contributed by atoms with Crippen LogP contribution in [0.1, 0.15) is 25.8 Å². The highest BCUT2D eigenvalue weighted by Gasteiger charge is 2.09. The number of hydrogen-bond acceptors (Lipinski definition) is 4. The summed E-state index contributed by atoms with van der Waals surface area (Å²) in [5.74, 6) is 0.918. The summed E-state index contributed by atoms with van der Waals surface area (Å²) in [7, 11) is -2.98. The number of hydrogen-bond donors (Lipinski definition) is 1. The molecular formula is C14H22O4S. The summed E-state index contributed by atoms with van der Waals surface area (Å²) >= 11 is 0. The molecule has 1 atom stereocenters. The minimum atomic E-state index is -2.98. The Morgan fingerprint density at radius 1 is 1.21 bits per heavy atom. The van der Waals surface area contributed by atoms with Gasteiger partial charge in [-0.1, -0.05) is 19.1 Å². The molecule has 0 radical (unpaired) electrons. The molecule has 0 bridgehead atoms. The van der Waals surface area contributed by atoms with E-state index in [1.54, 1.807) is 19.1 Å². The van der Waals surface area contributed by atoms with Crippen LogP contribution in [0, 0.1) is 0 Å². The fraction of sp³-hybridized carbons (Fsp3) is 0.571. The predicted molar refractivity (Wildman–Crippen MR) is 76.3 cm³/mol. The van der Waals surface area contributed by atoms with Gasteiger partial charge in [-0.15, -0.1) is 0 Å². The standard InChI is InChI=1S/C14H22O4S/c1-3-9-19(16,17)10-8-18-14-6-4-13(5-7-14)11-12(2)15/h4-7,12,15H,3,8-11H2,1-2H3. The fourth-order valence-corrected chi connectivity index (χ4v) is 2.93. The molecule has 4 nitrogen and oxygen atoms in total. The van der Waals surface area contributed by atoms with Gasteiger partial charge in [0, 0.05) is 0 Å². The first kappa shape index (κ1) is 16.0. The molecule has 0 spiro atoms. The lowest BCUT2D eigenvalue weighted by Crippen LogP contribution is -2.16. The van der Waals surface area contributed by atoms with Crippen molar-refractivity contribution in [3.63, 3.8) is 0 Å². The molecule has 1 unspecified atom stereocenters. The van der Waals surface area contributed by atoms with Gasteiger partial charge in [0.1, 0.15) is 12.4 Å². The summed E-state index contributed by atoms with van der Waals surface area (Å²) in [5, 5.41) is 9.26. The summed E-state index contributed by atoms with van der Waals surface area (Å²) < 4.78 is 28.4. The topological polar surface area (TPSA) is 63.6 Å². The Morgan fingerprint density at radius 3 is 2.37 bits per heavy atom. The third kappa shape index (κ3) is 6.59. The Morgan fingerprint density at radius 2 is 1.84 bits per heavy atom. The molecule has 0 heterocycles. The third-order valence-corrected chi connectivity index (χ3v) is 4.45. The number of sulfone groups is 1. The van der Waals surface area contributed by atoms with Crippen LogP contribution in [-0.4, -0.2) is 37.7 Å². The van der Waals surface area contributed by atoms with Crippen LogP contribution in [0.25, 0.3) is 0 Å². The van der Waals surface area contributed by atoms with E-state index in [1.807, 2.05) is 19.1 Å². The van der Waals surface area contributed by atoms with Crippen LogP contribution in [-0.2, 0) is 16.3 Å². The second kappa shape index (κ2) is 7.50. The van der Waals surface area contributed by atoms with E-state index in [0.717, 1.165) is 5.56 Å². The quantitative estimate of drug-likeness (QED) is 0.791. The first-order valence-corrected chi connectivity index (χ1v) is 8.35. The van der Waals surface area contributed by atoms with E-state index < -0.39 is 9.84 Å². The van der Waals surface area contributed by atoms with E-state index in [9.17, 15) is 13.5 Å². The van der Waals surface area contributed by atoms with Gasteiger partial charge in [-0.2, -0.15) is 0 Å². The monoisotopic (exact) mass is 286 g/mol. The van der Waals surface area contributed by atoms with E-state index in [2.05, 4.69) is 0 Å². The van der Waals surface area contributed by atoms with Crippen molar-refractivity contribution in [3.8, 4) is 5.75 Å². The van der Waals surface area contributed by atoms with Gasteiger partial charge in [0.15, 0.2) is 9.84 Å². The van der Waals surface area contributed by atoms with Gasteiger partial charge in [-0.3, -0.25) is 0 Å². The largest absolute Gasteiger partial charge is 0.493 e. The highest BCUT2D eigenvalue weighted by atomic mass is 32.2. The number of ether oxygens (including phenoxy) is 1. The Labute approximate surface area is 115 Å². The lowest BCUT2D eigenvalue weighted by molar-refractivity contribution is 0.195. The Kier molecular flexibility index (Phi) is 6.31. The summed E-state index contributed by atoms with van der Waals surface area (Å²) in [6.45, 7) is 3.76. The Balaban J connectivity index is 2.42. The molecule has 0 aromatic heterocycles. The predicted octanol–water partition coefficient (Wildman–Crippen LogP) is 1.81. The van der Waals surface area contributed by atoms with Crippen LogP contribution in [0.5, 0.6) is 5.75 Å². The average Bonchev–Trinajstić information content (AvgIpc) is 2.30. The number of aliphatic hydroxyl groups is 1. The van der Waals surface area contributed by atoms with Gasteiger partial charge in [0.2, 0.25) is 0 Å². The van der Waals surface area contributed by atoms with Gasteiger partial charge in [-0.05, 0) is 37.5 Å². The maximum absolute atomic E-state index is 11.5. The molecule has 0 aliphatic carbocycles. The summed E-state index contributed by atoms with van der Waals surface area (Å²) in [5.41, 5.74) is 1.03. The molecule has 1 aromatic carbocycles. The maximum Gasteiger partial charge on any atom is 0.153 e. The van der Waals surface area contributed by atoms with Gasteiger partial charge in [-0.25, -0.2) is 8.42 Å². The van der Waals surface area contributed by atoms with E-state index >= 15 is 0 Å².